The third-order valence-electron chi connectivity index (χ3n) is 5.07. The summed E-state index contributed by atoms with van der Waals surface area (Å²) in [5.74, 6) is 1.65. The number of ether oxygens (including phenoxy) is 1. The highest BCUT2D eigenvalue weighted by Gasteiger charge is 2.16. The molecule has 0 bridgehead atoms. The van der Waals surface area contributed by atoms with Crippen LogP contribution >= 0.6 is 15.9 Å². The molecule has 4 rings (SSSR count). The molecule has 0 aliphatic carbocycles. The third kappa shape index (κ3) is 6.63. The zero-order chi connectivity index (χ0) is 23.9. The molecule has 3 aromatic rings. The van der Waals surface area contributed by atoms with Crippen molar-refractivity contribution in [3.63, 3.8) is 0 Å². The van der Waals surface area contributed by atoms with Crippen molar-refractivity contribution in [1.29, 1.82) is 0 Å². The molecule has 2 heterocycles. The molecule has 10 heteroatoms. The number of hydrogen-bond acceptors (Lipinski definition) is 8. The average molecular weight is 528 g/mol. The van der Waals surface area contributed by atoms with Gasteiger partial charge in [0.15, 0.2) is 0 Å². The molecule has 0 unspecified atom stereocenters. The van der Waals surface area contributed by atoms with E-state index in [0.29, 0.717) is 23.5 Å². The van der Waals surface area contributed by atoms with Crippen LogP contribution in [0.15, 0.2) is 52.0 Å². The van der Waals surface area contributed by atoms with Gasteiger partial charge in [-0.05, 0) is 75.6 Å². The van der Waals surface area contributed by atoms with Crippen molar-refractivity contribution < 1.29 is 9.13 Å². The van der Waals surface area contributed by atoms with Gasteiger partial charge in [0.2, 0.25) is 17.8 Å². The fourth-order valence-corrected chi connectivity index (χ4v) is 3.89. The minimum atomic E-state index is -0.305. The molecule has 2 aromatic carbocycles. The predicted octanol–water partition coefficient (Wildman–Crippen LogP) is 5.74. The Kier molecular flexibility index (Phi) is 7.89. The molecule has 34 heavy (non-hydrogen) atoms. The van der Waals surface area contributed by atoms with E-state index >= 15 is 0 Å². The van der Waals surface area contributed by atoms with Gasteiger partial charge in [-0.1, -0.05) is 15.9 Å². The molecular weight excluding hydrogens is 501 g/mol. The van der Waals surface area contributed by atoms with E-state index in [1.807, 2.05) is 32.0 Å². The number of aromatic nitrogens is 3. The Balaban J connectivity index is 1.57. The van der Waals surface area contributed by atoms with Crippen LogP contribution in [0.25, 0.3) is 0 Å². The summed E-state index contributed by atoms with van der Waals surface area (Å²) in [6.45, 7) is 5.72. The molecule has 0 atom stereocenters. The molecule has 1 aromatic heterocycles. The lowest BCUT2D eigenvalue weighted by molar-refractivity contribution is 0.242. The van der Waals surface area contributed by atoms with Gasteiger partial charge >= 0.3 is 0 Å². The van der Waals surface area contributed by atoms with Crippen LogP contribution in [0.5, 0.6) is 5.75 Å². The quantitative estimate of drug-likeness (QED) is 0.285. The van der Waals surface area contributed by atoms with Gasteiger partial charge in [-0.25, -0.2) is 9.82 Å². The van der Waals surface area contributed by atoms with Gasteiger partial charge in [-0.2, -0.15) is 20.1 Å². The maximum absolute atomic E-state index is 13.3. The molecule has 178 valence electrons. The van der Waals surface area contributed by atoms with E-state index < -0.39 is 0 Å². The third-order valence-corrected chi connectivity index (χ3v) is 5.56. The normalized spacial score (nSPS) is 14.0. The molecule has 1 fully saturated rings. The molecule has 1 aliphatic rings. The topological polar surface area (TPSA) is 87.6 Å². The summed E-state index contributed by atoms with van der Waals surface area (Å²) < 4.78 is 20.1. The second-order valence-corrected chi connectivity index (χ2v) is 9.10. The first-order chi connectivity index (χ1) is 16.5. The first-order valence-electron chi connectivity index (χ1n) is 11.3. The zero-order valence-electron chi connectivity index (χ0n) is 19.1. The summed E-state index contributed by atoms with van der Waals surface area (Å²) in [6, 6.07) is 11.8. The highest BCUT2D eigenvalue weighted by atomic mass is 79.9. The molecule has 0 radical (unpaired) electrons. The van der Waals surface area contributed by atoms with Crippen molar-refractivity contribution in [3.8, 4) is 5.75 Å². The number of hydrogen-bond donors (Lipinski definition) is 2. The largest absolute Gasteiger partial charge is 0.490 e. The van der Waals surface area contributed by atoms with Gasteiger partial charge < -0.3 is 15.0 Å². The van der Waals surface area contributed by atoms with Crippen LogP contribution in [0, 0.1) is 5.82 Å². The summed E-state index contributed by atoms with van der Waals surface area (Å²) in [7, 11) is 0. The molecule has 0 spiro atoms. The number of anilines is 4. The zero-order valence-corrected chi connectivity index (χ0v) is 20.7. The van der Waals surface area contributed by atoms with Crippen molar-refractivity contribution in [2.75, 3.05) is 28.7 Å². The van der Waals surface area contributed by atoms with Crippen LogP contribution in [0.1, 0.15) is 38.7 Å². The fourth-order valence-electron chi connectivity index (χ4n) is 3.51. The predicted molar refractivity (Wildman–Crippen MR) is 137 cm³/mol. The Morgan fingerprint density at radius 3 is 2.50 bits per heavy atom. The first kappa shape index (κ1) is 23.9. The van der Waals surface area contributed by atoms with E-state index in [-0.39, 0.29) is 11.9 Å². The minimum absolute atomic E-state index is 0.0389. The van der Waals surface area contributed by atoms with Crippen LogP contribution in [0.3, 0.4) is 0 Å². The maximum Gasteiger partial charge on any atom is 0.250 e. The lowest BCUT2D eigenvalue weighted by Crippen LogP contribution is -2.31. The smallest absolute Gasteiger partial charge is 0.250 e. The fraction of sp³-hybridized carbons (Fsp3) is 0.333. The average Bonchev–Trinajstić information content (AvgIpc) is 2.82. The van der Waals surface area contributed by atoms with Gasteiger partial charge in [-0.15, -0.1) is 0 Å². The molecule has 8 nitrogen and oxygen atoms in total. The number of benzene rings is 2. The van der Waals surface area contributed by atoms with E-state index in [2.05, 4.69) is 51.6 Å². The Morgan fingerprint density at radius 2 is 1.76 bits per heavy atom. The molecule has 2 N–H and O–H groups in total. The summed E-state index contributed by atoms with van der Waals surface area (Å²) in [6.07, 6.45) is 5.09. The first-order valence-corrected chi connectivity index (χ1v) is 12.0. The van der Waals surface area contributed by atoms with Crippen molar-refractivity contribution in [3.05, 3.63) is 58.3 Å². The Hall–Kier alpha value is -3.27. The van der Waals surface area contributed by atoms with E-state index in [1.54, 1.807) is 18.3 Å². The van der Waals surface area contributed by atoms with Crippen LogP contribution in [0.2, 0.25) is 0 Å². The van der Waals surface area contributed by atoms with E-state index in [1.165, 1.54) is 18.6 Å². The number of piperidine rings is 1. The standard InChI is InChI=1S/C24H27BrFN7O/c1-16(2)34-21-11-6-18(25)14-17(21)15-27-32-23-29-22(28-20-9-7-19(26)8-10-20)30-24(31-23)33-12-4-3-5-13-33/h6-11,14-16H,3-5,12-13H2,1-2H3,(H2,28,29,30,31,32). The number of nitrogens with zero attached hydrogens (tertiary/aromatic N) is 5. The van der Waals surface area contributed by atoms with E-state index in [0.717, 1.165) is 41.7 Å². The lowest BCUT2D eigenvalue weighted by Gasteiger charge is -2.26. The SMILES string of the molecule is CC(C)Oc1ccc(Br)cc1C=NNc1nc(Nc2ccc(F)cc2)nc(N2CCCCC2)n1. The molecular formula is C24H27BrFN7O. The highest BCUT2D eigenvalue weighted by molar-refractivity contribution is 9.10. The number of rotatable bonds is 8. The van der Waals surface area contributed by atoms with Crippen molar-refractivity contribution >= 4 is 45.7 Å². The second kappa shape index (κ2) is 11.2. The van der Waals surface area contributed by atoms with Gasteiger partial charge in [0.1, 0.15) is 11.6 Å². The molecule has 1 aliphatic heterocycles. The van der Waals surface area contributed by atoms with Crippen LogP contribution < -0.4 is 20.4 Å². The van der Waals surface area contributed by atoms with Crippen molar-refractivity contribution in [2.24, 2.45) is 5.10 Å². The monoisotopic (exact) mass is 527 g/mol. The summed E-state index contributed by atoms with van der Waals surface area (Å²) >= 11 is 3.49. The van der Waals surface area contributed by atoms with Gasteiger partial charge in [0.05, 0.1) is 12.3 Å². The lowest BCUT2D eigenvalue weighted by atomic mass is 10.1. The van der Waals surface area contributed by atoms with Crippen LogP contribution in [-0.4, -0.2) is 40.4 Å². The number of halogens is 2. The molecule has 0 saturated carbocycles. The Labute approximate surface area is 206 Å². The van der Waals surface area contributed by atoms with Gasteiger partial charge in [0, 0.05) is 28.8 Å². The van der Waals surface area contributed by atoms with Gasteiger partial charge in [-0.3, -0.25) is 0 Å². The van der Waals surface area contributed by atoms with E-state index in [9.17, 15) is 4.39 Å². The van der Waals surface area contributed by atoms with Crippen LogP contribution in [-0.2, 0) is 0 Å². The second-order valence-electron chi connectivity index (χ2n) is 8.18. The summed E-state index contributed by atoms with van der Waals surface area (Å²) in [4.78, 5) is 15.7. The molecule has 0 amide bonds. The van der Waals surface area contributed by atoms with Gasteiger partial charge in [0.25, 0.3) is 0 Å². The van der Waals surface area contributed by atoms with Crippen molar-refractivity contribution in [1.82, 2.24) is 15.0 Å². The summed E-state index contributed by atoms with van der Waals surface area (Å²) in [5.41, 5.74) is 4.41. The Bertz CT molecular complexity index is 1130. The number of nitrogens with one attached hydrogen (secondary N) is 2. The summed E-state index contributed by atoms with van der Waals surface area (Å²) in [5, 5.41) is 7.47. The Morgan fingerprint density at radius 1 is 1.03 bits per heavy atom. The molecule has 1 saturated heterocycles. The minimum Gasteiger partial charge on any atom is -0.490 e. The van der Waals surface area contributed by atoms with E-state index in [4.69, 9.17) is 4.74 Å². The van der Waals surface area contributed by atoms with Crippen LogP contribution in [0.4, 0.5) is 27.9 Å². The van der Waals surface area contributed by atoms with Crippen molar-refractivity contribution in [2.45, 2.75) is 39.2 Å². The number of hydrazone groups is 1. The highest BCUT2D eigenvalue weighted by Crippen LogP contribution is 2.24. The maximum atomic E-state index is 13.3.